The molecule has 0 saturated carbocycles. The fourth-order valence-electron chi connectivity index (χ4n) is 1.73. The van der Waals surface area contributed by atoms with Gasteiger partial charge in [0.15, 0.2) is 6.10 Å². The first kappa shape index (κ1) is 12.8. The van der Waals surface area contributed by atoms with Crippen LogP contribution in [0.4, 0.5) is 4.79 Å². The average Bonchev–Trinajstić information content (AvgIpc) is 2.73. The van der Waals surface area contributed by atoms with Crippen LogP contribution < -0.4 is 5.32 Å². The van der Waals surface area contributed by atoms with Gasteiger partial charge in [-0.2, -0.15) is 0 Å². The zero-order valence-corrected chi connectivity index (χ0v) is 9.35. The van der Waals surface area contributed by atoms with Crippen LogP contribution in [0.3, 0.4) is 0 Å². The summed E-state index contributed by atoms with van der Waals surface area (Å²) in [5, 5.41) is 19.8. The summed E-state index contributed by atoms with van der Waals surface area (Å²) < 4.78 is 0. The molecule has 1 rings (SSSR count). The maximum Gasteiger partial charge on any atom is 0.334 e. The number of nitrogens with zero attached hydrogens (tertiary/aromatic N) is 1. The molecule has 0 spiro atoms. The summed E-state index contributed by atoms with van der Waals surface area (Å²) in [6.07, 6.45) is 0.501. The molecule has 1 aliphatic heterocycles. The predicted molar refractivity (Wildman–Crippen MR) is 57.0 cm³/mol. The highest BCUT2D eigenvalue weighted by Gasteiger charge is 2.25. The molecule has 1 aliphatic rings. The standard InChI is InChI=1S/C10H18N2O4/c1-2-7-3-4-12(6-7)10(16)11-5-8(13)9(14)15/h7-8,13H,2-6H2,1H3,(H,11,16)(H,14,15). The van der Waals surface area contributed by atoms with Crippen LogP contribution in [-0.4, -0.2) is 52.9 Å². The lowest BCUT2D eigenvalue weighted by molar-refractivity contribution is -0.146. The number of hydrogen-bond acceptors (Lipinski definition) is 3. The van der Waals surface area contributed by atoms with E-state index >= 15 is 0 Å². The van der Waals surface area contributed by atoms with Gasteiger partial charge in [-0.05, 0) is 12.3 Å². The molecule has 0 radical (unpaired) electrons. The number of likely N-dealkylation sites (tertiary alicyclic amines) is 1. The van der Waals surface area contributed by atoms with Crippen LogP contribution in [0.25, 0.3) is 0 Å². The number of aliphatic hydroxyl groups excluding tert-OH is 1. The lowest BCUT2D eigenvalue weighted by Crippen LogP contribution is -2.43. The van der Waals surface area contributed by atoms with E-state index < -0.39 is 12.1 Å². The molecule has 0 aromatic rings. The molecule has 1 saturated heterocycles. The van der Waals surface area contributed by atoms with Gasteiger partial charge in [0, 0.05) is 13.1 Å². The number of hydrogen-bond donors (Lipinski definition) is 3. The van der Waals surface area contributed by atoms with Crippen molar-refractivity contribution in [1.82, 2.24) is 10.2 Å². The number of carbonyl (C=O) groups excluding carboxylic acids is 1. The van der Waals surface area contributed by atoms with Crippen LogP contribution in [0, 0.1) is 5.92 Å². The summed E-state index contributed by atoms with van der Waals surface area (Å²) in [7, 11) is 0. The number of aliphatic hydroxyl groups is 1. The van der Waals surface area contributed by atoms with Crippen molar-refractivity contribution >= 4 is 12.0 Å². The number of carboxylic acid groups (broad SMARTS) is 1. The van der Waals surface area contributed by atoms with Crippen molar-refractivity contribution in [2.75, 3.05) is 19.6 Å². The molecule has 16 heavy (non-hydrogen) atoms. The second-order valence-electron chi connectivity index (χ2n) is 4.05. The van der Waals surface area contributed by atoms with Crippen molar-refractivity contribution in [3.05, 3.63) is 0 Å². The molecule has 0 aromatic heterocycles. The average molecular weight is 230 g/mol. The largest absolute Gasteiger partial charge is 0.479 e. The van der Waals surface area contributed by atoms with Gasteiger partial charge in [0.05, 0.1) is 6.54 Å². The minimum Gasteiger partial charge on any atom is -0.479 e. The highest BCUT2D eigenvalue weighted by atomic mass is 16.4. The number of carbonyl (C=O) groups is 2. The molecule has 6 heteroatoms. The van der Waals surface area contributed by atoms with Gasteiger partial charge in [-0.15, -0.1) is 0 Å². The number of carboxylic acids is 1. The van der Waals surface area contributed by atoms with Crippen LogP contribution in [0.5, 0.6) is 0 Å². The Hall–Kier alpha value is -1.30. The van der Waals surface area contributed by atoms with Gasteiger partial charge in [0.1, 0.15) is 0 Å². The first-order valence-electron chi connectivity index (χ1n) is 5.48. The summed E-state index contributed by atoms with van der Waals surface area (Å²) in [6, 6.07) is -0.295. The number of urea groups is 1. The third-order valence-electron chi connectivity index (χ3n) is 2.88. The predicted octanol–water partition coefficient (Wildman–Crippen LogP) is -0.127. The van der Waals surface area contributed by atoms with E-state index in [0.717, 1.165) is 12.8 Å². The Labute approximate surface area is 94.2 Å². The SMILES string of the molecule is CCC1CCN(C(=O)NCC(O)C(=O)O)C1. The zero-order valence-electron chi connectivity index (χ0n) is 9.35. The Balaban J connectivity index is 2.28. The lowest BCUT2D eigenvalue weighted by atomic mass is 10.1. The molecule has 2 amide bonds. The molecule has 2 unspecified atom stereocenters. The quantitative estimate of drug-likeness (QED) is 0.627. The lowest BCUT2D eigenvalue weighted by Gasteiger charge is -2.17. The maximum atomic E-state index is 11.5. The minimum atomic E-state index is -1.53. The topological polar surface area (TPSA) is 89.9 Å². The van der Waals surface area contributed by atoms with Gasteiger partial charge >= 0.3 is 12.0 Å². The Morgan fingerprint density at radius 2 is 2.25 bits per heavy atom. The molecule has 3 N–H and O–H groups in total. The third-order valence-corrected chi connectivity index (χ3v) is 2.88. The highest BCUT2D eigenvalue weighted by molar-refractivity contribution is 5.77. The molecular formula is C10H18N2O4. The Bertz CT molecular complexity index is 270. The first-order chi connectivity index (χ1) is 7.54. The van der Waals surface area contributed by atoms with Crippen molar-refractivity contribution in [2.24, 2.45) is 5.92 Å². The summed E-state index contributed by atoms with van der Waals surface area (Å²) in [5.41, 5.74) is 0. The van der Waals surface area contributed by atoms with Gasteiger partial charge < -0.3 is 20.4 Å². The minimum absolute atomic E-state index is 0.249. The summed E-state index contributed by atoms with van der Waals surface area (Å²) >= 11 is 0. The molecule has 1 heterocycles. The number of rotatable bonds is 4. The Kier molecular flexibility index (Phi) is 4.54. The van der Waals surface area contributed by atoms with Crippen molar-refractivity contribution in [1.29, 1.82) is 0 Å². The van der Waals surface area contributed by atoms with Gasteiger partial charge in [0.25, 0.3) is 0 Å². The van der Waals surface area contributed by atoms with Crippen LogP contribution in [-0.2, 0) is 4.79 Å². The second kappa shape index (κ2) is 5.69. The van der Waals surface area contributed by atoms with Crippen LogP contribution in [0.15, 0.2) is 0 Å². The van der Waals surface area contributed by atoms with Gasteiger partial charge in [-0.1, -0.05) is 13.3 Å². The van der Waals surface area contributed by atoms with E-state index in [9.17, 15) is 9.59 Å². The van der Waals surface area contributed by atoms with E-state index in [1.54, 1.807) is 4.90 Å². The first-order valence-corrected chi connectivity index (χ1v) is 5.48. The number of nitrogens with one attached hydrogen (secondary N) is 1. The van der Waals surface area contributed by atoms with Crippen molar-refractivity contribution < 1.29 is 19.8 Å². The Morgan fingerprint density at radius 1 is 1.56 bits per heavy atom. The zero-order chi connectivity index (χ0) is 12.1. The van der Waals surface area contributed by atoms with Crippen LogP contribution in [0.1, 0.15) is 19.8 Å². The smallest absolute Gasteiger partial charge is 0.334 e. The van der Waals surface area contributed by atoms with E-state index in [-0.39, 0.29) is 12.6 Å². The normalized spacial score (nSPS) is 21.9. The molecular weight excluding hydrogens is 212 g/mol. The van der Waals surface area contributed by atoms with Gasteiger partial charge in [-0.25, -0.2) is 9.59 Å². The van der Waals surface area contributed by atoms with E-state index in [0.29, 0.717) is 19.0 Å². The van der Waals surface area contributed by atoms with Gasteiger partial charge in [0.2, 0.25) is 0 Å². The van der Waals surface area contributed by atoms with E-state index in [1.165, 1.54) is 0 Å². The van der Waals surface area contributed by atoms with Crippen LogP contribution in [0.2, 0.25) is 0 Å². The van der Waals surface area contributed by atoms with Crippen molar-refractivity contribution in [2.45, 2.75) is 25.9 Å². The molecule has 0 aromatic carbocycles. The molecule has 1 fully saturated rings. The third kappa shape index (κ3) is 3.37. The molecule has 92 valence electrons. The van der Waals surface area contributed by atoms with Gasteiger partial charge in [-0.3, -0.25) is 0 Å². The fraction of sp³-hybridized carbons (Fsp3) is 0.800. The number of aliphatic carboxylic acids is 1. The molecule has 0 bridgehead atoms. The second-order valence-corrected chi connectivity index (χ2v) is 4.05. The van der Waals surface area contributed by atoms with E-state index in [4.69, 9.17) is 10.2 Å². The van der Waals surface area contributed by atoms with E-state index in [2.05, 4.69) is 12.2 Å². The maximum absolute atomic E-state index is 11.5. The summed E-state index contributed by atoms with van der Waals surface area (Å²) in [5.74, 6) is -0.789. The van der Waals surface area contributed by atoms with Crippen LogP contribution >= 0.6 is 0 Å². The van der Waals surface area contributed by atoms with Crippen molar-refractivity contribution in [3.8, 4) is 0 Å². The summed E-state index contributed by atoms with van der Waals surface area (Å²) in [4.78, 5) is 23.5. The molecule has 2 atom stereocenters. The monoisotopic (exact) mass is 230 g/mol. The van der Waals surface area contributed by atoms with E-state index in [1.807, 2.05) is 0 Å². The Morgan fingerprint density at radius 3 is 2.75 bits per heavy atom. The highest BCUT2D eigenvalue weighted by Crippen LogP contribution is 2.18. The van der Waals surface area contributed by atoms with Crippen molar-refractivity contribution in [3.63, 3.8) is 0 Å². The molecule has 0 aliphatic carbocycles. The summed E-state index contributed by atoms with van der Waals surface area (Å²) in [6.45, 7) is 3.25. The fourth-order valence-corrected chi connectivity index (χ4v) is 1.73. The molecule has 6 nitrogen and oxygen atoms in total. The number of amides is 2.